The standard InChI is InChI=1S/C14H18N2S/c1-3-6-11(7-4-2)13-10-17-14(16-13)12-8-5-9-15-12/h3-4,6-7,10,12,15H,1,5,8-9H2,2H3/b7-4-,11-6+. The third-order valence-corrected chi connectivity index (χ3v) is 3.78. The quantitative estimate of drug-likeness (QED) is 0.819. The van der Waals surface area contributed by atoms with Gasteiger partial charge in [0.05, 0.1) is 11.7 Å². The number of aromatic nitrogens is 1. The fourth-order valence-corrected chi connectivity index (χ4v) is 2.95. The molecule has 0 amide bonds. The predicted octanol–water partition coefficient (Wildman–Crippen LogP) is 3.71. The van der Waals surface area contributed by atoms with Gasteiger partial charge in [-0.05, 0) is 26.3 Å². The van der Waals surface area contributed by atoms with Gasteiger partial charge < -0.3 is 5.32 Å². The third kappa shape index (κ3) is 2.93. The van der Waals surface area contributed by atoms with Crippen molar-refractivity contribution in [1.82, 2.24) is 10.3 Å². The summed E-state index contributed by atoms with van der Waals surface area (Å²) in [6, 6.07) is 0.462. The highest BCUT2D eigenvalue weighted by atomic mass is 32.1. The topological polar surface area (TPSA) is 24.9 Å². The van der Waals surface area contributed by atoms with Crippen LogP contribution in [0.1, 0.15) is 36.5 Å². The Balaban J connectivity index is 2.21. The van der Waals surface area contributed by atoms with Gasteiger partial charge in [0.2, 0.25) is 0 Å². The number of allylic oxidation sites excluding steroid dienone is 5. The Morgan fingerprint density at radius 1 is 1.65 bits per heavy atom. The van der Waals surface area contributed by atoms with E-state index >= 15 is 0 Å². The van der Waals surface area contributed by atoms with Crippen molar-refractivity contribution in [3.8, 4) is 0 Å². The van der Waals surface area contributed by atoms with Crippen LogP contribution in [0.15, 0.2) is 36.3 Å². The van der Waals surface area contributed by atoms with E-state index < -0.39 is 0 Å². The van der Waals surface area contributed by atoms with Gasteiger partial charge in [-0.15, -0.1) is 11.3 Å². The number of nitrogens with zero attached hydrogens (tertiary/aromatic N) is 1. The van der Waals surface area contributed by atoms with Crippen LogP contribution in [0.3, 0.4) is 0 Å². The number of nitrogens with one attached hydrogen (secondary N) is 1. The molecule has 17 heavy (non-hydrogen) atoms. The largest absolute Gasteiger partial charge is 0.308 e. The second-order valence-corrected chi connectivity index (χ2v) is 4.97. The fourth-order valence-electron chi connectivity index (χ4n) is 2.01. The molecule has 0 aromatic carbocycles. The zero-order chi connectivity index (χ0) is 12.1. The maximum absolute atomic E-state index is 4.72. The maximum atomic E-state index is 4.72. The Kier molecular flexibility index (Phi) is 4.29. The van der Waals surface area contributed by atoms with Crippen molar-refractivity contribution in [1.29, 1.82) is 0 Å². The molecule has 1 unspecified atom stereocenters. The van der Waals surface area contributed by atoms with E-state index in [1.807, 2.05) is 25.2 Å². The molecule has 1 atom stereocenters. The van der Waals surface area contributed by atoms with Crippen LogP contribution in [-0.4, -0.2) is 11.5 Å². The predicted molar refractivity (Wildman–Crippen MR) is 75.1 cm³/mol. The number of thiazole rings is 1. The Morgan fingerprint density at radius 3 is 3.18 bits per heavy atom. The fraction of sp³-hybridized carbons (Fsp3) is 0.357. The van der Waals surface area contributed by atoms with Crippen molar-refractivity contribution >= 4 is 16.9 Å². The molecule has 0 bridgehead atoms. The van der Waals surface area contributed by atoms with Crippen molar-refractivity contribution in [2.75, 3.05) is 6.54 Å². The average Bonchev–Trinajstić information content (AvgIpc) is 2.99. The molecular formula is C14H18N2S. The molecule has 2 nitrogen and oxygen atoms in total. The molecule has 3 heteroatoms. The Labute approximate surface area is 107 Å². The zero-order valence-electron chi connectivity index (χ0n) is 10.1. The zero-order valence-corrected chi connectivity index (χ0v) is 11.0. The van der Waals surface area contributed by atoms with Crippen LogP contribution in [0, 0.1) is 0 Å². The van der Waals surface area contributed by atoms with Crippen LogP contribution in [0.5, 0.6) is 0 Å². The van der Waals surface area contributed by atoms with Crippen LogP contribution in [0.2, 0.25) is 0 Å². The molecule has 1 aliphatic rings. The summed E-state index contributed by atoms with van der Waals surface area (Å²) in [5.41, 5.74) is 2.18. The Bertz CT molecular complexity index is 437. The lowest BCUT2D eigenvalue weighted by Gasteiger charge is -2.04. The molecule has 1 aliphatic heterocycles. The van der Waals surface area contributed by atoms with Gasteiger partial charge in [0.25, 0.3) is 0 Å². The molecule has 1 saturated heterocycles. The molecule has 1 aromatic heterocycles. The van der Waals surface area contributed by atoms with E-state index in [2.05, 4.69) is 23.4 Å². The van der Waals surface area contributed by atoms with Gasteiger partial charge in [-0.1, -0.05) is 30.9 Å². The molecule has 0 aliphatic carbocycles. The van der Waals surface area contributed by atoms with E-state index in [0.717, 1.165) is 17.8 Å². The molecule has 1 N–H and O–H groups in total. The third-order valence-electron chi connectivity index (χ3n) is 2.82. The van der Waals surface area contributed by atoms with Gasteiger partial charge in [-0.25, -0.2) is 4.98 Å². The summed E-state index contributed by atoms with van der Waals surface area (Å²) in [6.45, 7) is 6.88. The summed E-state index contributed by atoms with van der Waals surface area (Å²) in [5, 5.41) is 6.81. The van der Waals surface area contributed by atoms with Crippen molar-refractivity contribution < 1.29 is 0 Å². The second-order valence-electron chi connectivity index (χ2n) is 4.08. The first kappa shape index (κ1) is 12.3. The van der Waals surface area contributed by atoms with Gasteiger partial charge in [0.1, 0.15) is 5.01 Å². The van der Waals surface area contributed by atoms with Crippen LogP contribution < -0.4 is 5.32 Å². The first-order chi connectivity index (χ1) is 8.35. The van der Waals surface area contributed by atoms with Crippen molar-refractivity contribution in [2.45, 2.75) is 25.8 Å². The van der Waals surface area contributed by atoms with Crippen LogP contribution in [0.25, 0.3) is 5.57 Å². The minimum atomic E-state index is 0.462. The highest BCUT2D eigenvalue weighted by Crippen LogP contribution is 2.28. The summed E-state index contributed by atoms with van der Waals surface area (Å²) >= 11 is 1.74. The summed E-state index contributed by atoms with van der Waals surface area (Å²) in [5.74, 6) is 0. The SMILES string of the molecule is C=C/C=C(\C=C/C)c1csc(C2CCCN2)n1. The minimum Gasteiger partial charge on any atom is -0.308 e. The molecule has 2 rings (SSSR count). The number of rotatable bonds is 4. The van der Waals surface area contributed by atoms with Gasteiger partial charge in [-0.3, -0.25) is 0 Å². The molecular weight excluding hydrogens is 228 g/mol. The van der Waals surface area contributed by atoms with E-state index in [-0.39, 0.29) is 0 Å². The minimum absolute atomic E-state index is 0.462. The first-order valence-electron chi connectivity index (χ1n) is 5.99. The normalized spacial score (nSPS) is 21.2. The summed E-state index contributed by atoms with van der Waals surface area (Å²) < 4.78 is 0. The molecule has 1 fully saturated rings. The number of hydrogen-bond donors (Lipinski definition) is 1. The van der Waals surface area contributed by atoms with E-state index in [4.69, 9.17) is 4.98 Å². The Hall–Kier alpha value is -1.19. The monoisotopic (exact) mass is 246 g/mol. The summed E-state index contributed by atoms with van der Waals surface area (Å²) in [4.78, 5) is 4.72. The van der Waals surface area contributed by atoms with Gasteiger partial charge in [-0.2, -0.15) is 0 Å². The van der Waals surface area contributed by atoms with E-state index in [0.29, 0.717) is 6.04 Å². The molecule has 0 radical (unpaired) electrons. The lowest BCUT2D eigenvalue weighted by molar-refractivity contribution is 0.642. The van der Waals surface area contributed by atoms with E-state index in [9.17, 15) is 0 Å². The number of hydrogen-bond acceptors (Lipinski definition) is 3. The summed E-state index contributed by atoms with van der Waals surface area (Å²) in [7, 11) is 0. The highest BCUT2D eigenvalue weighted by Gasteiger charge is 2.19. The molecule has 90 valence electrons. The average molecular weight is 246 g/mol. The van der Waals surface area contributed by atoms with Crippen molar-refractivity contribution in [3.05, 3.63) is 47.0 Å². The van der Waals surface area contributed by atoms with Crippen molar-refractivity contribution in [2.24, 2.45) is 0 Å². The van der Waals surface area contributed by atoms with E-state index in [1.165, 1.54) is 17.8 Å². The molecule has 0 saturated carbocycles. The van der Waals surface area contributed by atoms with Gasteiger partial charge >= 0.3 is 0 Å². The lowest BCUT2D eigenvalue weighted by Crippen LogP contribution is -2.12. The molecule has 0 spiro atoms. The smallest absolute Gasteiger partial charge is 0.110 e. The van der Waals surface area contributed by atoms with Crippen LogP contribution >= 0.6 is 11.3 Å². The van der Waals surface area contributed by atoms with Crippen LogP contribution in [-0.2, 0) is 0 Å². The lowest BCUT2D eigenvalue weighted by atomic mass is 10.1. The maximum Gasteiger partial charge on any atom is 0.110 e. The molecule has 1 aromatic rings. The van der Waals surface area contributed by atoms with Gasteiger partial charge in [0, 0.05) is 11.0 Å². The highest BCUT2D eigenvalue weighted by molar-refractivity contribution is 7.09. The van der Waals surface area contributed by atoms with Crippen LogP contribution in [0.4, 0.5) is 0 Å². The Morgan fingerprint density at radius 2 is 2.53 bits per heavy atom. The van der Waals surface area contributed by atoms with E-state index in [1.54, 1.807) is 11.3 Å². The second kappa shape index (κ2) is 5.94. The molecule has 2 heterocycles. The van der Waals surface area contributed by atoms with Gasteiger partial charge in [0.15, 0.2) is 0 Å². The van der Waals surface area contributed by atoms with Crippen molar-refractivity contribution in [3.63, 3.8) is 0 Å². The first-order valence-corrected chi connectivity index (χ1v) is 6.87. The summed E-state index contributed by atoms with van der Waals surface area (Å²) in [6.07, 6.45) is 10.4.